The van der Waals surface area contributed by atoms with Crippen LogP contribution >= 0.6 is 0 Å². The molecule has 0 aromatic carbocycles. The first-order valence-corrected chi connectivity index (χ1v) is 8.83. The van der Waals surface area contributed by atoms with Crippen LogP contribution in [0.15, 0.2) is 30.7 Å². The molecule has 4 heterocycles. The molecule has 6 nitrogen and oxygen atoms in total. The number of hydrogen-bond acceptors (Lipinski definition) is 5. The molecule has 0 N–H and O–H groups in total. The second kappa shape index (κ2) is 6.19. The van der Waals surface area contributed by atoms with Crippen molar-refractivity contribution in [3.8, 4) is 0 Å². The molecule has 6 heteroatoms. The van der Waals surface area contributed by atoms with E-state index in [9.17, 15) is 0 Å². The molecule has 3 aromatic heterocycles. The van der Waals surface area contributed by atoms with Gasteiger partial charge in [-0.15, -0.1) is 0 Å². The topological polar surface area (TPSA) is 59.7 Å². The van der Waals surface area contributed by atoms with E-state index in [1.165, 1.54) is 6.42 Å². The van der Waals surface area contributed by atoms with Crippen LogP contribution in [0.1, 0.15) is 36.8 Å². The van der Waals surface area contributed by atoms with E-state index in [1.54, 1.807) is 12.4 Å². The van der Waals surface area contributed by atoms with Gasteiger partial charge >= 0.3 is 0 Å². The molecule has 1 atom stereocenters. The Balaban J connectivity index is 1.61. The number of aryl methyl sites for hydroxylation is 2. The van der Waals surface area contributed by atoms with Crippen molar-refractivity contribution < 1.29 is 0 Å². The van der Waals surface area contributed by atoms with E-state index in [0.29, 0.717) is 0 Å². The highest BCUT2D eigenvalue weighted by atomic mass is 15.3. The van der Waals surface area contributed by atoms with Crippen LogP contribution in [0.2, 0.25) is 0 Å². The molecule has 0 unspecified atom stereocenters. The van der Waals surface area contributed by atoms with Crippen LogP contribution in [0.4, 0.5) is 0 Å². The van der Waals surface area contributed by atoms with Gasteiger partial charge in [-0.2, -0.15) is 5.10 Å². The van der Waals surface area contributed by atoms with Gasteiger partial charge in [0.05, 0.1) is 17.1 Å². The van der Waals surface area contributed by atoms with Gasteiger partial charge in [0.2, 0.25) is 0 Å². The maximum atomic E-state index is 4.98. The number of nitrogens with zero attached hydrogens (tertiary/aromatic N) is 6. The molecular formula is C19H24N6. The predicted octanol–water partition coefficient (Wildman–Crippen LogP) is 2.62. The summed E-state index contributed by atoms with van der Waals surface area (Å²) in [7, 11) is 1.97. The largest absolute Gasteiger partial charge is 0.297 e. The summed E-state index contributed by atoms with van der Waals surface area (Å²) in [6.45, 7) is 7.29. The summed E-state index contributed by atoms with van der Waals surface area (Å²) < 4.78 is 1.89. The van der Waals surface area contributed by atoms with Gasteiger partial charge in [-0.05, 0) is 38.4 Å². The highest BCUT2D eigenvalue weighted by molar-refractivity contribution is 5.78. The van der Waals surface area contributed by atoms with E-state index < -0.39 is 0 Å². The summed E-state index contributed by atoms with van der Waals surface area (Å²) in [5.74, 6) is 0. The fourth-order valence-electron chi connectivity index (χ4n) is 3.97. The molecule has 0 spiro atoms. The van der Waals surface area contributed by atoms with Crippen molar-refractivity contribution in [1.29, 1.82) is 0 Å². The average molecular weight is 336 g/mol. The maximum absolute atomic E-state index is 4.98. The quantitative estimate of drug-likeness (QED) is 0.736. The maximum Gasteiger partial charge on any atom is 0.158 e. The minimum absolute atomic E-state index is 0.0484. The Morgan fingerprint density at radius 3 is 2.92 bits per heavy atom. The minimum atomic E-state index is 0.0484. The van der Waals surface area contributed by atoms with Crippen LogP contribution in [0.5, 0.6) is 0 Å². The number of hydrogen-bond donors (Lipinski definition) is 0. The van der Waals surface area contributed by atoms with Gasteiger partial charge < -0.3 is 0 Å². The van der Waals surface area contributed by atoms with Crippen LogP contribution < -0.4 is 0 Å². The van der Waals surface area contributed by atoms with E-state index in [-0.39, 0.29) is 5.41 Å². The van der Waals surface area contributed by atoms with Crippen LogP contribution in [0.25, 0.3) is 11.0 Å². The number of pyridine rings is 1. The summed E-state index contributed by atoms with van der Waals surface area (Å²) in [6.07, 6.45) is 7.66. The molecule has 1 fully saturated rings. The van der Waals surface area contributed by atoms with Gasteiger partial charge in [0.1, 0.15) is 0 Å². The van der Waals surface area contributed by atoms with Crippen LogP contribution in [-0.4, -0.2) is 42.7 Å². The van der Waals surface area contributed by atoms with E-state index in [1.807, 2.05) is 24.9 Å². The zero-order valence-electron chi connectivity index (χ0n) is 15.1. The van der Waals surface area contributed by atoms with Crippen LogP contribution in [-0.2, 0) is 19.0 Å². The lowest BCUT2D eigenvalue weighted by Crippen LogP contribution is -2.44. The van der Waals surface area contributed by atoms with Crippen LogP contribution in [0.3, 0.4) is 0 Å². The lowest BCUT2D eigenvalue weighted by molar-refractivity contribution is 0.146. The Hall–Kier alpha value is -2.34. The fourth-order valence-corrected chi connectivity index (χ4v) is 3.97. The predicted molar refractivity (Wildman–Crippen MR) is 97.1 cm³/mol. The molecular weight excluding hydrogens is 312 g/mol. The SMILES string of the molecule is Cc1nn(C)c2nc([C@]3(C)CCCN(Cc4cnccn4)C3)ccc12. The third-order valence-electron chi connectivity index (χ3n) is 5.27. The second-order valence-corrected chi connectivity index (χ2v) is 7.35. The summed E-state index contributed by atoms with van der Waals surface area (Å²) in [6, 6.07) is 4.36. The average Bonchev–Trinajstić information content (AvgIpc) is 2.90. The van der Waals surface area contributed by atoms with Crippen LogP contribution in [0, 0.1) is 6.92 Å². The molecule has 0 aliphatic carbocycles. The molecule has 3 aromatic rings. The van der Waals surface area contributed by atoms with E-state index in [4.69, 9.17) is 4.98 Å². The van der Waals surface area contributed by atoms with E-state index in [2.05, 4.69) is 39.0 Å². The third kappa shape index (κ3) is 3.02. The Morgan fingerprint density at radius 2 is 2.12 bits per heavy atom. The molecule has 0 radical (unpaired) electrons. The second-order valence-electron chi connectivity index (χ2n) is 7.35. The first-order chi connectivity index (χ1) is 12.0. The Bertz CT molecular complexity index is 888. The summed E-state index contributed by atoms with van der Waals surface area (Å²) >= 11 is 0. The number of piperidine rings is 1. The summed E-state index contributed by atoms with van der Waals surface area (Å²) in [5, 5.41) is 5.64. The molecule has 25 heavy (non-hydrogen) atoms. The van der Waals surface area contributed by atoms with E-state index in [0.717, 1.165) is 54.2 Å². The monoisotopic (exact) mass is 336 g/mol. The Morgan fingerprint density at radius 1 is 1.24 bits per heavy atom. The molecule has 1 aliphatic rings. The molecule has 1 aliphatic heterocycles. The van der Waals surface area contributed by atoms with Crippen molar-refractivity contribution in [2.75, 3.05) is 13.1 Å². The summed E-state index contributed by atoms with van der Waals surface area (Å²) in [4.78, 5) is 16.0. The third-order valence-corrected chi connectivity index (χ3v) is 5.27. The smallest absolute Gasteiger partial charge is 0.158 e. The van der Waals surface area contributed by atoms with Crippen molar-refractivity contribution in [3.05, 3.63) is 47.8 Å². The number of aromatic nitrogens is 5. The van der Waals surface area contributed by atoms with Gasteiger partial charge in [0, 0.05) is 49.5 Å². The zero-order valence-corrected chi connectivity index (χ0v) is 15.1. The minimum Gasteiger partial charge on any atom is -0.297 e. The molecule has 0 amide bonds. The number of likely N-dealkylation sites (tertiary alicyclic amines) is 1. The van der Waals surface area contributed by atoms with Gasteiger partial charge in [-0.3, -0.25) is 19.5 Å². The summed E-state index contributed by atoms with van der Waals surface area (Å²) in [5.41, 5.74) is 4.24. The fraction of sp³-hybridized carbons (Fsp3) is 0.474. The van der Waals surface area contributed by atoms with Gasteiger partial charge in [0.15, 0.2) is 5.65 Å². The van der Waals surface area contributed by atoms with Crippen molar-refractivity contribution in [3.63, 3.8) is 0 Å². The molecule has 4 rings (SSSR count). The normalized spacial score (nSPS) is 21.7. The zero-order chi connectivity index (χ0) is 17.4. The lowest BCUT2D eigenvalue weighted by atomic mass is 9.78. The molecule has 0 bridgehead atoms. The molecule has 1 saturated heterocycles. The Kier molecular flexibility index (Phi) is 4.00. The lowest BCUT2D eigenvalue weighted by Gasteiger charge is -2.40. The van der Waals surface area contributed by atoms with Gasteiger partial charge in [-0.1, -0.05) is 6.92 Å². The van der Waals surface area contributed by atoms with Gasteiger partial charge in [0.25, 0.3) is 0 Å². The first kappa shape index (κ1) is 16.1. The van der Waals surface area contributed by atoms with Crippen molar-refractivity contribution in [2.24, 2.45) is 7.05 Å². The number of fused-ring (bicyclic) bond motifs is 1. The molecule has 0 saturated carbocycles. The van der Waals surface area contributed by atoms with Crippen molar-refractivity contribution >= 4 is 11.0 Å². The highest BCUT2D eigenvalue weighted by Gasteiger charge is 2.34. The number of rotatable bonds is 3. The first-order valence-electron chi connectivity index (χ1n) is 8.83. The highest BCUT2D eigenvalue weighted by Crippen LogP contribution is 2.34. The Labute approximate surface area is 147 Å². The van der Waals surface area contributed by atoms with E-state index >= 15 is 0 Å². The standard InChI is InChI=1S/C19H24N6/c1-14-16-5-6-17(22-18(16)24(3)23-14)19(2)7-4-10-25(13-19)12-15-11-20-8-9-21-15/h5-6,8-9,11H,4,7,10,12-13H2,1-3H3/t19-/m1/s1. The van der Waals surface area contributed by atoms with Crippen molar-refractivity contribution in [1.82, 2.24) is 29.6 Å². The molecule has 130 valence electrons. The van der Waals surface area contributed by atoms with Gasteiger partial charge in [-0.25, -0.2) is 4.98 Å². The van der Waals surface area contributed by atoms with Crippen molar-refractivity contribution in [2.45, 2.75) is 38.6 Å².